The molecule has 4 rings (SSSR count). The minimum Gasteiger partial charge on any atom is -0.497 e. The number of ether oxygens (including phenoxy) is 1. The molecule has 23 heavy (non-hydrogen) atoms. The van der Waals surface area contributed by atoms with Crippen LogP contribution in [-0.2, 0) is 13.5 Å². The monoisotopic (exact) mass is 307 g/mol. The van der Waals surface area contributed by atoms with Crippen molar-refractivity contribution in [3.05, 3.63) is 59.5 Å². The Balaban J connectivity index is 1.97. The topological polar surface area (TPSA) is 39.1 Å². The van der Waals surface area contributed by atoms with Gasteiger partial charge < -0.3 is 14.6 Å². The lowest BCUT2D eigenvalue weighted by Gasteiger charge is -2.30. The molecule has 2 atom stereocenters. The van der Waals surface area contributed by atoms with Crippen molar-refractivity contribution in [1.82, 2.24) is 14.9 Å². The highest BCUT2D eigenvalue weighted by atomic mass is 16.5. The van der Waals surface area contributed by atoms with Gasteiger partial charge in [0.25, 0.3) is 0 Å². The first kappa shape index (κ1) is 14.3. The standard InChI is InChI=1S/C19H21N3O/c1-12-10-15-14-11-13(23-3)7-8-17(14)22(2)19(15)18(21-12)16-6-4-5-9-20-16/h4-9,11-12,18,21H,10H2,1-3H3. The molecule has 2 aromatic heterocycles. The van der Waals surface area contributed by atoms with Gasteiger partial charge in [0.2, 0.25) is 0 Å². The van der Waals surface area contributed by atoms with E-state index in [-0.39, 0.29) is 6.04 Å². The van der Waals surface area contributed by atoms with E-state index >= 15 is 0 Å². The summed E-state index contributed by atoms with van der Waals surface area (Å²) in [6.45, 7) is 2.23. The maximum absolute atomic E-state index is 5.42. The zero-order valence-electron chi connectivity index (χ0n) is 13.7. The van der Waals surface area contributed by atoms with Gasteiger partial charge >= 0.3 is 0 Å². The number of pyridine rings is 1. The smallest absolute Gasteiger partial charge is 0.119 e. The molecular formula is C19H21N3O. The van der Waals surface area contributed by atoms with Crippen LogP contribution in [-0.4, -0.2) is 22.7 Å². The van der Waals surface area contributed by atoms with Gasteiger partial charge in [0, 0.05) is 35.9 Å². The summed E-state index contributed by atoms with van der Waals surface area (Å²) in [4.78, 5) is 4.58. The maximum Gasteiger partial charge on any atom is 0.119 e. The molecule has 0 bridgehead atoms. The van der Waals surface area contributed by atoms with Crippen LogP contribution in [0.2, 0.25) is 0 Å². The lowest BCUT2D eigenvalue weighted by atomic mass is 9.93. The van der Waals surface area contributed by atoms with Crippen LogP contribution in [0.5, 0.6) is 5.75 Å². The van der Waals surface area contributed by atoms with Crippen molar-refractivity contribution >= 4 is 10.9 Å². The van der Waals surface area contributed by atoms with Crippen LogP contribution < -0.4 is 10.1 Å². The van der Waals surface area contributed by atoms with Crippen molar-refractivity contribution in [2.45, 2.75) is 25.4 Å². The Labute approximate surface area is 136 Å². The van der Waals surface area contributed by atoms with E-state index in [2.05, 4.69) is 53.1 Å². The minimum absolute atomic E-state index is 0.123. The van der Waals surface area contributed by atoms with E-state index in [4.69, 9.17) is 4.74 Å². The number of methoxy groups -OCH3 is 1. The molecule has 4 nitrogen and oxygen atoms in total. The minimum atomic E-state index is 0.123. The van der Waals surface area contributed by atoms with E-state index in [1.165, 1.54) is 22.2 Å². The van der Waals surface area contributed by atoms with Crippen LogP contribution in [0.25, 0.3) is 10.9 Å². The van der Waals surface area contributed by atoms with Crippen molar-refractivity contribution < 1.29 is 4.74 Å². The number of aromatic nitrogens is 2. The second-order valence-corrected chi connectivity index (χ2v) is 6.27. The zero-order chi connectivity index (χ0) is 16.0. The summed E-state index contributed by atoms with van der Waals surface area (Å²) in [6.07, 6.45) is 2.88. The van der Waals surface area contributed by atoms with Crippen molar-refractivity contribution in [1.29, 1.82) is 0 Å². The van der Waals surface area contributed by atoms with Gasteiger partial charge in [-0.2, -0.15) is 0 Å². The van der Waals surface area contributed by atoms with Crippen LogP contribution in [0.1, 0.15) is 29.9 Å². The summed E-state index contributed by atoms with van der Waals surface area (Å²) < 4.78 is 7.72. The molecule has 0 saturated carbocycles. The molecule has 0 spiro atoms. The van der Waals surface area contributed by atoms with Crippen molar-refractivity contribution in [2.24, 2.45) is 7.05 Å². The molecule has 4 heteroatoms. The fraction of sp³-hybridized carbons (Fsp3) is 0.316. The molecule has 0 saturated heterocycles. The molecule has 1 N–H and O–H groups in total. The third-order valence-electron chi connectivity index (χ3n) is 4.78. The van der Waals surface area contributed by atoms with Crippen LogP contribution in [0.15, 0.2) is 42.6 Å². The molecule has 0 radical (unpaired) electrons. The zero-order valence-corrected chi connectivity index (χ0v) is 13.7. The predicted molar refractivity (Wildman–Crippen MR) is 91.9 cm³/mol. The first-order chi connectivity index (χ1) is 11.2. The number of rotatable bonds is 2. The average molecular weight is 307 g/mol. The fourth-order valence-corrected chi connectivity index (χ4v) is 3.73. The fourth-order valence-electron chi connectivity index (χ4n) is 3.73. The van der Waals surface area contributed by atoms with E-state index in [1.54, 1.807) is 7.11 Å². The van der Waals surface area contributed by atoms with E-state index in [1.807, 2.05) is 18.3 Å². The van der Waals surface area contributed by atoms with Crippen LogP contribution >= 0.6 is 0 Å². The second kappa shape index (κ2) is 5.39. The highest BCUT2D eigenvalue weighted by molar-refractivity contribution is 5.87. The van der Waals surface area contributed by atoms with Gasteiger partial charge in [-0.25, -0.2) is 0 Å². The SMILES string of the molecule is COc1ccc2c(c1)c1c(n2C)C(c2ccccn2)NC(C)C1. The van der Waals surface area contributed by atoms with Gasteiger partial charge in [-0.15, -0.1) is 0 Å². The largest absolute Gasteiger partial charge is 0.497 e. The number of nitrogens with zero attached hydrogens (tertiary/aromatic N) is 2. The van der Waals surface area contributed by atoms with E-state index < -0.39 is 0 Å². The van der Waals surface area contributed by atoms with E-state index in [0.29, 0.717) is 6.04 Å². The molecule has 3 heterocycles. The number of benzene rings is 1. The van der Waals surface area contributed by atoms with Gasteiger partial charge in [-0.05, 0) is 49.2 Å². The lowest BCUT2D eigenvalue weighted by Crippen LogP contribution is -2.39. The molecular weight excluding hydrogens is 286 g/mol. The molecule has 0 aliphatic carbocycles. The number of hydrogen-bond donors (Lipinski definition) is 1. The van der Waals surface area contributed by atoms with Crippen molar-refractivity contribution in [2.75, 3.05) is 7.11 Å². The van der Waals surface area contributed by atoms with Gasteiger partial charge in [0.05, 0.1) is 18.8 Å². The van der Waals surface area contributed by atoms with E-state index in [9.17, 15) is 0 Å². The van der Waals surface area contributed by atoms with E-state index in [0.717, 1.165) is 17.9 Å². The Morgan fingerprint density at radius 1 is 1.26 bits per heavy atom. The van der Waals surface area contributed by atoms with Gasteiger partial charge in [-0.3, -0.25) is 4.98 Å². The van der Waals surface area contributed by atoms with Gasteiger partial charge in [-0.1, -0.05) is 6.07 Å². The van der Waals surface area contributed by atoms with Crippen LogP contribution in [0, 0.1) is 0 Å². The van der Waals surface area contributed by atoms with Gasteiger partial charge in [0.15, 0.2) is 0 Å². The molecule has 1 aliphatic rings. The number of nitrogens with one attached hydrogen (secondary N) is 1. The highest BCUT2D eigenvalue weighted by Crippen LogP contribution is 2.37. The summed E-state index contributed by atoms with van der Waals surface area (Å²) in [5, 5.41) is 4.99. The third-order valence-corrected chi connectivity index (χ3v) is 4.78. The summed E-state index contributed by atoms with van der Waals surface area (Å²) in [5.74, 6) is 0.909. The van der Waals surface area contributed by atoms with Crippen molar-refractivity contribution in [3.8, 4) is 5.75 Å². The van der Waals surface area contributed by atoms with Crippen LogP contribution in [0.3, 0.4) is 0 Å². The Morgan fingerprint density at radius 2 is 2.13 bits per heavy atom. The average Bonchev–Trinajstić information content (AvgIpc) is 2.87. The quantitative estimate of drug-likeness (QED) is 0.790. The molecule has 2 unspecified atom stereocenters. The Morgan fingerprint density at radius 3 is 2.87 bits per heavy atom. The highest BCUT2D eigenvalue weighted by Gasteiger charge is 2.31. The summed E-state index contributed by atoms with van der Waals surface area (Å²) in [5.41, 5.74) is 5.03. The Hall–Kier alpha value is -2.33. The summed E-state index contributed by atoms with van der Waals surface area (Å²) in [6, 6.07) is 13.0. The first-order valence-electron chi connectivity index (χ1n) is 8.01. The maximum atomic E-state index is 5.42. The van der Waals surface area contributed by atoms with Crippen molar-refractivity contribution in [3.63, 3.8) is 0 Å². The Bertz CT molecular complexity index is 854. The molecule has 118 valence electrons. The summed E-state index contributed by atoms with van der Waals surface area (Å²) >= 11 is 0. The van der Waals surface area contributed by atoms with Crippen LogP contribution in [0.4, 0.5) is 0 Å². The molecule has 1 aromatic carbocycles. The number of fused-ring (bicyclic) bond motifs is 3. The predicted octanol–water partition coefficient (Wildman–Crippen LogP) is 3.21. The molecule has 0 fully saturated rings. The normalized spacial score (nSPS) is 20.5. The summed E-state index contributed by atoms with van der Waals surface area (Å²) in [7, 11) is 3.86. The Kier molecular flexibility index (Phi) is 3.34. The molecule has 0 amide bonds. The second-order valence-electron chi connectivity index (χ2n) is 6.27. The van der Waals surface area contributed by atoms with Gasteiger partial charge in [0.1, 0.15) is 5.75 Å². The third kappa shape index (κ3) is 2.21. The first-order valence-corrected chi connectivity index (χ1v) is 8.01. The number of aryl methyl sites for hydroxylation is 1. The molecule has 1 aliphatic heterocycles. The lowest BCUT2D eigenvalue weighted by molar-refractivity contribution is 0.415. The number of hydrogen-bond acceptors (Lipinski definition) is 3. The molecule has 3 aromatic rings.